The average molecular weight is 486 g/mol. The zero-order chi connectivity index (χ0) is 24.0. The highest BCUT2D eigenvalue weighted by Crippen LogP contribution is 2.33. The molecule has 0 radical (unpaired) electrons. The largest absolute Gasteiger partial charge is 0.455 e. The van der Waals surface area contributed by atoms with E-state index in [-0.39, 0.29) is 10.6 Å². The highest BCUT2D eigenvalue weighted by Gasteiger charge is 2.24. The Morgan fingerprint density at radius 2 is 1.79 bits per heavy atom. The fourth-order valence-electron chi connectivity index (χ4n) is 3.22. The second kappa shape index (κ2) is 10.8. The minimum Gasteiger partial charge on any atom is -0.455 e. The SMILES string of the molecule is CCN(CC)S(=O)(=O)c1ccc(Oc2ccc(C)cc2)c(NC(=O)c2cccnc2SC)c1. The van der Waals surface area contributed by atoms with Gasteiger partial charge >= 0.3 is 0 Å². The first-order valence-corrected chi connectivity index (χ1v) is 13.2. The molecule has 174 valence electrons. The third-order valence-electron chi connectivity index (χ3n) is 5.00. The van der Waals surface area contributed by atoms with E-state index in [2.05, 4.69) is 10.3 Å². The number of aryl methyl sites for hydroxylation is 1. The highest BCUT2D eigenvalue weighted by atomic mass is 32.2. The molecule has 0 fully saturated rings. The molecular weight excluding hydrogens is 458 g/mol. The fourth-order valence-corrected chi connectivity index (χ4v) is 5.25. The van der Waals surface area contributed by atoms with Gasteiger partial charge in [0.05, 0.1) is 16.1 Å². The van der Waals surface area contributed by atoms with Crippen molar-refractivity contribution < 1.29 is 17.9 Å². The molecule has 0 saturated carbocycles. The average Bonchev–Trinajstić information content (AvgIpc) is 2.82. The predicted molar refractivity (Wildman–Crippen MR) is 132 cm³/mol. The van der Waals surface area contributed by atoms with Crippen molar-refractivity contribution in [2.24, 2.45) is 0 Å². The van der Waals surface area contributed by atoms with Gasteiger partial charge < -0.3 is 10.1 Å². The Balaban J connectivity index is 2.04. The number of hydrogen-bond donors (Lipinski definition) is 1. The summed E-state index contributed by atoms with van der Waals surface area (Å²) in [5, 5.41) is 3.39. The first-order valence-electron chi connectivity index (χ1n) is 10.5. The first kappa shape index (κ1) is 24.8. The Hall–Kier alpha value is -2.88. The number of nitrogens with zero attached hydrogens (tertiary/aromatic N) is 2. The molecule has 1 amide bonds. The summed E-state index contributed by atoms with van der Waals surface area (Å²) in [6, 6.07) is 15.3. The summed E-state index contributed by atoms with van der Waals surface area (Å²) in [7, 11) is -3.72. The van der Waals surface area contributed by atoms with E-state index in [1.807, 2.05) is 37.4 Å². The Morgan fingerprint density at radius 1 is 1.09 bits per heavy atom. The smallest absolute Gasteiger partial charge is 0.258 e. The minimum atomic E-state index is -3.72. The van der Waals surface area contributed by atoms with E-state index >= 15 is 0 Å². The van der Waals surface area contributed by atoms with Crippen LogP contribution in [0, 0.1) is 6.92 Å². The van der Waals surface area contributed by atoms with Gasteiger partial charge in [0.1, 0.15) is 10.8 Å². The highest BCUT2D eigenvalue weighted by molar-refractivity contribution is 7.98. The third-order valence-corrected chi connectivity index (χ3v) is 7.76. The topological polar surface area (TPSA) is 88.6 Å². The number of carbonyl (C=O) groups is 1. The fraction of sp³-hybridized carbons (Fsp3) is 0.250. The molecular formula is C24H27N3O4S2. The van der Waals surface area contributed by atoms with Crippen LogP contribution in [0.3, 0.4) is 0 Å². The molecule has 0 spiro atoms. The predicted octanol–water partition coefficient (Wildman–Crippen LogP) is 5.19. The van der Waals surface area contributed by atoms with Crippen molar-refractivity contribution >= 4 is 33.4 Å². The number of anilines is 1. The van der Waals surface area contributed by atoms with Gasteiger partial charge in [-0.05, 0) is 55.6 Å². The molecule has 1 aromatic heterocycles. The quantitative estimate of drug-likeness (QED) is 0.420. The molecule has 0 aliphatic heterocycles. The first-order chi connectivity index (χ1) is 15.8. The molecule has 33 heavy (non-hydrogen) atoms. The lowest BCUT2D eigenvalue weighted by Gasteiger charge is -2.20. The van der Waals surface area contributed by atoms with Gasteiger partial charge in [0.2, 0.25) is 10.0 Å². The number of sulfonamides is 1. The van der Waals surface area contributed by atoms with Crippen LogP contribution in [-0.2, 0) is 10.0 Å². The number of thioether (sulfide) groups is 1. The summed E-state index contributed by atoms with van der Waals surface area (Å²) < 4.78 is 33.5. The van der Waals surface area contributed by atoms with E-state index in [9.17, 15) is 13.2 Å². The van der Waals surface area contributed by atoms with Crippen LogP contribution in [0.1, 0.15) is 29.8 Å². The Morgan fingerprint density at radius 3 is 2.42 bits per heavy atom. The summed E-state index contributed by atoms with van der Waals surface area (Å²) in [5.41, 5.74) is 1.73. The molecule has 0 bridgehead atoms. The number of carbonyl (C=O) groups excluding carboxylic acids is 1. The molecule has 1 N–H and O–H groups in total. The van der Waals surface area contributed by atoms with E-state index in [0.29, 0.717) is 35.2 Å². The number of hydrogen-bond acceptors (Lipinski definition) is 6. The molecule has 0 unspecified atom stereocenters. The number of aromatic nitrogens is 1. The molecule has 0 aliphatic carbocycles. The lowest BCUT2D eigenvalue weighted by atomic mass is 10.2. The van der Waals surface area contributed by atoms with Crippen molar-refractivity contribution in [1.82, 2.24) is 9.29 Å². The maximum absolute atomic E-state index is 13.1. The summed E-state index contributed by atoms with van der Waals surface area (Å²) in [6.07, 6.45) is 3.45. The molecule has 7 nitrogen and oxygen atoms in total. The second-order valence-electron chi connectivity index (χ2n) is 7.18. The van der Waals surface area contributed by atoms with E-state index in [1.165, 1.54) is 28.2 Å². The van der Waals surface area contributed by atoms with Crippen molar-refractivity contribution in [3.05, 3.63) is 71.9 Å². The van der Waals surface area contributed by atoms with E-state index < -0.39 is 15.9 Å². The molecule has 0 aliphatic rings. The normalized spacial score (nSPS) is 11.4. The lowest BCUT2D eigenvalue weighted by Crippen LogP contribution is -2.30. The van der Waals surface area contributed by atoms with Gasteiger partial charge in [0.15, 0.2) is 5.75 Å². The van der Waals surface area contributed by atoms with Crippen LogP contribution < -0.4 is 10.1 Å². The molecule has 0 atom stereocenters. The van der Waals surface area contributed by atoms with Crippen molar-refractivity contribution in [1.29, 1.82) is 0 Å². The molecule has 3 rings (SSSR count). The summed E-state index contributed by atoms with van der Waals surface area (Å²) >= 11 is 1.35. The third kappa shape index (κ3) is 5.73. The van der Waals surface area contributed by atoms with E-state index in [0.717, 1.165) is 5.56 Å². The number of nitrogens with one attached hydrogen (secondary N) is 1. The van der Waals surface area contributed by atoms with Crippen molar-refractivity contribution in [2.75, 3.05) is 24.7 Å². The van der Waals surface area contributed by atoms with E-state index in [4.69, 9.17) is 4.74 Å². The van der Waals surface area contributed by atoms with Crippen LogP contribution in [0.15, 0.2) is 70.7 Å². The van der Waals surface area contributed by atoms with Crippen LogP contribution in [-0.4, -0.2) is 43.0 Å². The van der Waals surface area contributed by atoms with Crippen LogP contribution >= 0.6 is 11.8 Å². The van der Waals surface area contributed by atoms with Crippen molar-refractivity contribution in [2.45, 2.75) is 30.7 Å². The van der Waals surface area contributed by atoms with Crippen molar-refractivity contribution in [3.8, 4) is 11.5 Å². The number of rotatable bonds is 9. The Bertz CT molecular complexity index is 1220. The van der Waals surface area contributed by atoms with Gasteiger partial charge in [-0.1, -0.05) is 31.5 Å². The molecule has 3 aromatic rings. The zero-order valence-corrected chi connectivity index (χ0v) is 20.7. The zero-order valence-electron chi connectivity index (χ0n) is 19.0. The van der Waals surface area contributed by atoms with Crippen LogP contribution in [0.4, 0.5) is 5.69 Å². The lowest BCUT2D eigenvalue weighted by molar-refractivity contribution is 0.102. The maximum Gasteiger partial charge on any atom is 0.258 e. The van der Waals surface area contributed by atoms with Gasteiger partial charge in [0.25, 0.3) is 5.91 Å². The van der Waals surface area contributed by atoms with Crippen LogP contribution in [0.5, 0.6) is 11.5 Å². The van der Waals surface area contributed by atoms with Crippen LogP contribution in [0.2, 0.25) is 0 Å². The number of pyridine rings is 1. The minimum absolute atomic E-state index is 0.0778. The standard InChI is InChI=1S/C24H27N3O4S2/c1-5-27(6-2)33(29,30)19-13-14-22(31-18-11-9-17(3)10-12-18)21(16-19)26-23(28)20-8-7-15-25-24(20)32-4/h7-16H,5-6H2,1-4H3,(H,26,28). The summed E-state index contributed by atoms with van der Waals surface area (Å²) in [4.78, 5) is 17.4. The number of ether oxygens (including phenoxy) is 1. The molecule has 2 aromatic carbocycles. The summed E-state index contributed by atoms with van der Waals surface area (Å²) in [5.74, 6) is 0.500. The maximum atomic E-state index is 13.1. The molecule has 1 heterocycles. The number of amides is 1. The van der Waals surface area contributed by atoms with Gasteiger partial charge in [-0.2, -0.15) is 4.31 Å². The molecule has 0 saturated heterocycles. The van der Waals surface area contributed by atoms with Gasteiger partial charge in [-0.3, -0.25) is 4.79 Å². The second-order valence-corrected chi connectivity index (χ2v) is 9.91. The Kier molecular flexibility index (Phi) is 8.12. The van der Waals surface area contributed by atoms with Crippen LogP contribution in [0.25, 0.3) is 0 Å². The van der Waals surface area contributed by atoms with Gasteiger partial charge in [0, 0.05) is 19.3 Å². The van der Waals surface area contributed by atoms with Crippen molar-refractivity contribution in [3.63, 3.8) is 0 Å². The van der Waals surface area contributed by atoms with Gasteiger partial charge in [-0.15, -0.1) is 11.8 Å². The number of benzene rings is 2. The Labute approximate surface area is 199 Å². The van der Waals surface area contributed by atoms with Gasteiger partial charge in [-0.25, -0.2) is 13.4 Å². The van der Waals surface area contributed by atoms with E-state index in [1.54, 1.807) is 38.2 Å². The molecule has 9 heteroatoms. The monoisotopic (exact) mass is 485 g/mol. The summed E-state index contributed by atoms with van der Waals surface area (Å²) in [6.45, 7) is 6.22.